The highest BCUT2D eigenvalue weighted by Gasteiger charge is 2.30. The molecule has 0 aromatic rings. The maximum atomic E-state index is 12.0. The Balaban J connectivity index is 1.72. The van der Waals surface area contributed by atoms with Crippen LogP contribution < -0.4 is 5.32 Å². The van der Waals surface area contributed by atoms with Gasteiger partial charge in [-0.1, -0.05) is 6.92 Å². The molecular weight excluding hydrogens is 212 g/mol. The molecule has 0 saturated heterocycles. The Morgan fingerprint density at radius 1 is 1.18 bits per heavy atom. The van der Waals surface area contributed by atoms with E-state index >= 15 is 0 Å². The van der Waals surface area contributed by atoms with Gasteiger partial charge in [0.05, 0.1) is 0 Å². The van der Waals surface area contributed by atoms with E-state index in [1.807, 2.05) is 11.9 Å². The zero-order valence-corrected chi connectivity index (χ0v) is 11.2. The van der Waals surface area contributed by atoms with Crippen LogP contribution in [0.4, 0.5) is 0 Å². The van der Waals surface area contributed by atoms with Crippen molar-refractivity contribution in [3.05, 3.63) is 0 Å². The van der Waals surface area contributed by atoms with Crippen LogP contribution in [0.5, 0.6) is 0 Å². The standard InChI is InChI=1S/C14H26N2O/c1-3-15-12-6-8-13(9-7-12)16(2)14(17)10-11-4-5-11/h11-13,15H,3-10H2,1-2H3. The van der Waals surface area contributed by atoms with Crippen molar-refractivity contribution in [1.29, 1.82) is 0 Å². The predicted molar refractivity (Wildman–Crippen MR) is 69.8 cm³/mol. The van der Waals surface area contributed by atoms with E-state index in [2.05, 4.69) is 12.2 Å². The third-order valence-electron chi connectivity index (χ3n) is 4.29. The number of nitrogens with zero attached hydrogens (tertiary/aromatic N) is 1. The van der Waals surface area contributed by atoms with E-state index < -0.39 is 0 Å². The number of hydrogen-bond donors (Lipinski definition) is 1. The van der Waals surface area contributed by atoms with Gasteiger partial charge in [-0.15, -0.1) is 0 Å². The van der Waals surface area contributed by atoms with E-state index in [0.717, 1.165) is 13.0 Å². The average molecular weight is 238 g/mol. The Hall–Kier alpha value is -0.570. The third-order valence-corrected chi connectivity index (χ3v) is 4.29. The maximum Gasteiger partial charge on any atom is 0.222 e. The lowest BCUT2D eigenvalue weighted by atomic mass is 9.90. The fraction of sp³-hybridized carbons (Fsp3) is 0.929. The van der Waals surface area contributed by atoms with Gasteiger partial charge in [-0.2, -0.15) is 0 Å². The molecule has 0 atom stereocenters. The number of hydrogen-bond acceptors (Lipinski definition) is 2. The van der Waals surface area contributed by atoms with E-state index in [-0.39, 0.29) is 0 Å². The summed E-state index contributed by atoms with van der Waals surface area (Å²) < 4.78 is 0. The zero-order chi connectivity index (χ0) is 12.3. The van der Waals surface area contributed by atoms with Crippen LogP contribution in [0.3, 0.4) is 0 Å². The molecule has 1 amide bonds. The lowest BCUT2D eigenvalue weighted by molar-refractivity contribution is -0.133. The quantitative estimate of drug-likeness (QED) is 0.796. The Kier molecular flexibility index (Phi) is 4.43. The Labute approximate surface area is 105 Å². The van der Waals surface area contributed by atoms with Crippen LogP contribution in [0, 0.1) is 5.92 Å². The normalized spacial score (nSPS) is 29.1. The summed E-state index contributed by atoms with van der Waals surface area (Å²) in [6, 6.07) is 1.18. The minimum absolute atomic E-state index is 0.374. The summed E-state index contributed by atoms with van der Waals surface area (Å²) in [4.78, 5) is 14.0. The van der Waals surface area contributed by atoms with Crippen molar-refractivity contribution < 1.29 is 4.79 Å². The van der Waals surface area contributed by atoms with Gasteiger partial charge in [0.1, 0.15) is 0 Å². The fourth-order valence-electron chi connectivity index (χ4n) is 2.87. The van der Waals surface area contributed by atoms with Gasteiger partial charge in [0.15, 0.2) is 0 Å². The number of amides is 1. The Bertz CT molecular complexity index is 255. The second kappa shape index (κ2) is 5.85. The maximum absolute atomic E-state index is 12.0. The van der Waals surface area contributed by atoms with E-state index in [1.54, 1.807) is 0 Å². The van der Waals surface area contributed by atoms with Gasteiger partial charge in [-0.3, -0.25) is 4.79 Å². The molecule has 3 nitrogen and oxygen atoms in total. The summed E-state index contributed by atoms with van der Waals surface area (Å²) in [6.45, 7) is 3.23. The van der Waals surface area contributed by atoms with Gasteiger partial charge in [0, 0.05) is 25.6 Å². The van der Waals surface area contributed by atoms with Crippen molar-refractivity contribution >= 4 is 5.91 Å². The first-order valence-electron chi connectivity index (χ1n) is 7.19. The molecule has 2 fully saturated rings. The summed E-state index contributed by atoms with van der Waals surface area (Å²) in [5.74, 6) is 1.09. The van der Waals surface area contributed by atoms with Crippen LogP contribution in [0.15, 0.2) is 0 Å². The van der Waals surface area contributed by atoms with Gasteiger partial charge >= 0.3 is 0 Å². The topological polar surface area (TPSA) is 32.3 Å². The van der Waals surface area contributed by atoms with Gasteiger partial charge in [-0.25, -0.2) is 0 Å². The van der Waals surface area contributed by atoms with E-state index in [4.69, 9.17) is 0 Å². The number of nitrogens with one attached hydrogen (secondary N) is 1. The highest BCUT2D eigenvalue weighted by atomic mass is 16.2. The van der Waals surface area contributed by atoms with Gasteiger partial charge in [0.2, 0.25) is 5.91 Å². The molecule has 0 bridgehead atoms. The molecular formula is C14H26N2O. The van der Waals surface area contributed by atoms with Crippen molar-refractivity contribution in [2.24, 2.45) is 5.92 Å². The molecule has 2 aliphatic carbocycles. The third kappa shape index (κ3) is 3.70. The number of carbonyl (C=O) groups is 1. The second-order valence-electron chi connectivity index (χ2n) is 5.72. The summed E-state index contributed by atoms with van der Waals surface area (Å²) in [7, 11) is 2.00. The van der Waals surface area contributed by atoms with Gasteiger partial charge in [0.25, 0.3) is 0 Å². The van der Waals surface area contributed by atoms with Crippen molar-refractivity contribution in [2.45, 2.75) is 64.0 Å². The molecule has 0 radical (unpaired) electrons. The van der Waals surface area contributed by atoms with Crippen LogP contribution in [0.25, 0.3) is 0 Å². The zero-order valence-electron chi connectivity index (χ0n) is 11.2. The van der Waals surface area contributed by atoms with Crippen LogP contribution >= 0.6 is 0 Å². The first-order valence-corrected chi connectivity index (χ1v) is 7.19. The molecule has 2 aliphatic rings. The van der Waals surface area contributed by atoms with E-state index in [0.29, 0.717) is 23.9 Å². The van der Waals surface area contributed by atoms with Crippen LogP contribution in [0.2, 0.25) is 0 Å². The predicted octanol–water partition coefficient (Wildman–Crippen LogP) is 2.17. The van der Waals surface area contributed by atoms with Gasteiger partial charge < -0.3 is 10.2 Å². The highest BCUT2D eigenvalue weighted by molar-refractivity contribution is 5.76. The first kappa shape index (κ1) is 12.9. The summed E-state index contributed by atoms with van der Waals surface area (Å²) >= 11 is 0. The second-order valence-corrected chi connectivity index (χ2v) is 5.72. The molecule has 98 valence electrons. The van der Waals surface area contributed by atoms with Gasteiger partial charge in [-0.05, 0) is 51.0 Å². The van der Waals surface area contributed by atoms with Crippen LogP contribution in [-0.4, -0.2) is 36.5 Å². The lowest BCUT2D eigenvalue weighted by Gasteiger charge is -2.35. The molecule has 0 aliphatic heterocycles. The molecule has 0 heterocycles. The molecule has 0 spiro atoms. The minimum Gasteiger partial charge on any atom is -0.343 e. The van der Waals surface area contributed by atoms with Crippen molar-refractivity contribution in [2.75, 3.05) is 13.6 Å². The minimum atomic E-state index is 0.374. The molecule has 2 saturated carbocycles. The van der Waals surface area contributed by atoms with Crippen LogP contribution in [0.1, 0.15) is 51.9 Å². The van der Waals surface area contributed by atoms with Crippen molar-refractivity contribution in [3.8, 4) is 0 Å². The molecule has 0 aromatic carbocycles. The fourth-order valence-corrected chi connectivity index (χ4v) is 2.87. The SMILES string of the molecule is CCNC1CCC(N(C)C(=O)CC2CC2)CC1. The molecule has 17 heavy (non-hydrogen) atoms. The van der Waals surface area contributed by atoms with Crippen molar-refractivity contribution in [3.63, 3.8) is 0 Å². The van der Waals surface area contributed by atoms with E-state index in [1.165, 1.54) is 38.5 Å². The molecule has 2 rings (SSSR count). The Morgan fingerprint density at radius 2 is 1.82 bits per heavy atom. The lowest BCUT2D eigenvalue weighted by Crippen LogP contribution is -2.43. The highest BCUT2D eigenvalue weighted by Crippen LogP contribution is 2.33. The molecule has 3 heteroatoms. The smallest absolute Gasteiger partial charge is 0.222 e. The molecule has 0 unspecified atom stereocenters. The van der Waals surface area contributed by atoms with Crippen LogP contribution in [-0.2, 0) is 4.79 Å². The number of carbonyl (C=O) groups excluding carboxylic acids is 1. The summed E-state index contributed by atoms with van der Waals surface area (Å²) in [5, 5.41) is 3.51. The average Bonchev–Trinajstić information content (AvgIpc) is 3.13. The van der Waals surface area contributed by atoms with E-state index in [9.17, 15) is 4.79 Å². The molecule has 1 N–H and O–H groups in total. The summed E-state index contributed by atoms with van der Waals surface area (Å²) in [6.07, 6.45) is 8.12. The largest absolute Gasteiger partial charge is 0.343 e. The van der Waals surface area contributed by atoms with Crippen molar-refractivity contribution in [1.82, 2.24) is 10.2 Å². The number of rotatable bonds is 5. The summed E-state index contributed by atoms with van der Waals surface area (Å²) in [5.41, 5.74) is 0. The monoisotopic (exact) mass is 238 g/mol. The Morgan fingerprint density at radius 3 is 2.35 bits per heavy atom. The molecule has 0 aromatic heterocycles. The first-order chi connectivity index (χ1) is 8.20.